The molecule has 0 aliphatic carbocycles. The predicted molar refractivity (Wildman–Crippen MR) is 87.8 cm³/mol. The topological polar surface area (TPSA) is 51.1 Å². The third-order valence-electron chi connectivity index (χ3n) is 4.00. The van der Waals surface area contributed by atoms with Gasteiger partial charge in [0.05, 0.1) is 12.3 Å². The number of rotatable bonds is 6. The van der Waals surface area contributed by atoms with Crippen molar-refractivity contribution in [1.29, 1.82) is 0 Å². The number of benzene rings is 1. The van der Waals surface area contributed by atoms with Gasteiger partial charge in [0.1, 0.15) is 5.82 Å². The first-order valence-electron chi connectivity index (χ1n) is 7.80. The maximum Gasteiger partial charge on any atom is 0.124 e. The number of hydrogen-bond acceptors (Lipinski definition) is 4. The summed E-state index contributed by atoms with van der Waals surface area (Å²) in [7, 11) is 1.72. The molecule has 2 heterocycles. The Morgan fingerprint density at radius 3 is 2.86 bits per heavy atom. The normalized spacial score (nSPS) is 17.1. The molecule has 0 amide bonds. The largest absolute Gasteiger partial charge is 0.380 e. The predicted octanol–water partition coefficient (Wildman–Crippen LogP) is 2.17. The van der Waals surface area contributed by atoms with Gasteiger partial charge in [-0.1, -0.05) is 24.3 Å². The highest BCUT2D eigenvalue weighted by atomic mass is 16.5. The summed E-state index contributed by atoms with van der Waals surface area (Å²) >= 11 is 0. The molecule has 5 nitrogen and oxygen atoms in total. The molecule has 1 aliphatic heterocycles. The summed E-state index contributed by atoms with van der Waals surface area (Å²) in [6, 6.07) is 10.7. The summed E-state index contributed by atoms with van der Waals surface area (Å²) in [5, 5.41) is 11.5. The summed E-state index contributed by atoms with van der Waals surface area (Å²) < 4.78 is 7.20. The van der Waals surface area contributed by atoms with Crippen LogP contribution in [0.5, 0.6) is 0 Å². The molecule has 1 aromatic heterocycles. The Morgan fingerprint density at radius 1 is 1.32 bits per heavy atom. The minimum absolute atomic E-state index is 0.569. The number of nitrogens with zero attached hydrogens (tertiary/aromatic N) is 2. The van der Waals surface area contributed by atoms with Crippen LogP contribution in [0.25, 0.3) is 0 Å². The molecule has 0 radical (unpaired) electrons. The van der Waals surface area contributed by atoms with Crippen LogP contribution in [0.3, 0.4) is 0 Å². The molecule has 0 bridgehead atoms. The Balaban J connectivity index is 1.45. The van der Waals surface area contributed by atoms with E-state index in [1.807, 2.05) is 6.92 Å². The number of anilines is 1. The Hall–Kier alpha value is -1.85. The van der Waals surface area contributed by atoms with Crippen molar-refractivity contribution in [2.45, 2.75) is 26.6 Å². The van der Waals surface area contributed by atoms with Gasteiger partial charge in [-0.2, -0.15) is 5.10 Å². The molecule has 2 N–H and O–H groups in total. The van der Waals surface area contributed by atoms with E-state index in [-0.39, 0.29) is 0 Å². The third-order valence-corrected chi connectivity index (χ3v) is 4.00. The molecule has 5 heteroatoms. The zero-order valence-electron chi connectivity index (χ0n) is 13.3. The highest BCUT2D eigenvalue weighted by molar-refractivity contribution is 5.38. The lowest BCUT2D eigenvalue weighted by Gasteiger charge is -2.25. The van der Waals surface area contributed by atoms with Gasteiger partial charge in [0.2, 0.25) is 0 Å². The van der Waals surface area contributed by atoms with E-state index < -0.39 is 0 Å². The van der Waals surface area contributed by atoms with Gasteiger partial charge in [-0.25, -0.2) is 4.68 Å². The number of fused-ring (bicyclic) bond motifs is 1. The van der Waals surface area contributed by atoms with Gasteiger partial charge in [0, 0.05) is 45.3 Å². The minimum Gasteiger partial charge on any atom is -0.380 e. The fourth-order valence-corrected chi connectivity index (χ4v) is 2.86. The van der Waals surface area contributed by atoms with Crippen LogP contribution in [0.15, 0.2) is 30.3 Å². The molecule has 0 unspecified atom stereocenters. The number of methoxy groups -OCH3 is 1. The van der Waals surface area contributed by atoms with Crippen LogP contribution in [0.2, 0.25) is 0 Å². The average Bonchev–Trinajstić information content (AvgIpc) is 2.89. The molecule has 0 saturated carbocycles. The van der Waals surface area contributed by atoms with E-state index in [0.717, 1.165) is 37.7 Å². The molecule has 1 atom stereocenters. The molecule has 3 rings (SSSR count). The molecule has 118 valence electrons. The minimum atomic E-state index is 0.569. The van der Waals surface area contributed by atoms with E-state index in [4.69, 9.17) is 4.74 Å². The number of aromatic nitrogens is 2. The highest BCUT2D eigenvalue weighted by Gasteiger charge is 2.18. The maximum absolute atomic E-state index is 5.13. The molecule has 0 saturated heterocycles. The van der Waals surface area contributed by atoms with E-state index in [1.54, 1.807) is 7.11 Å². The molecule has 0 fully saturated rings. The Labute approximate surface area is 131 Å². The van der Waals surface area contributed by atoms with E-state index in [2.05, 4.69) is 50.7 Å². The van der Waals surface area contributed by atoms with Crippen molar-refractivity contribution in [2.75, 3.05) is 25.5 Å². The number of hydrogen-bond donors (Lipinski definition) is 2. The number of nitrogens with one attached hydrogen (secondary N) is 2. The Morgan fingerprint density at radius 2 is 2.09 bits per heavy atom. The molecular weight excluding hydrogens is 276 g/mol. The quantitative estimate of drug-likeness (QED) is 0.858. The van der Waals surface area contributed by atoms with Crippen LogP contribution in [-0.2, 0) is 24.4 Å². The summed E-state index contributed by atoms with van der Waals surface area (Å²) in [4.78, 5) is 0. The van der Waals surface area contributed by atoms with Gasteiger partial charge < -0.3 is 15.4 Å². The van der Waals surface area contributed by atoms with E-state index in [0.29, 0.717) is 12.5 Å². The highest BCUT2D eigenvalue weighted by Crippen LogP contribution is 2.18. The second-order valence-corrected chi connectivity index (χ2v) is 5.98. The van der Waals surface area contributed by atoms with Gasteiger partial charge in [0.25, 0.3) is 0 Å². The number of aryl methyl sites for hydroxylation is 1. The van der Waals surface area contributed by atoms with Gasteiger partial charge in [-0.05, 0) is 18.1 Å². The van der Waals surface area contributed by atoms with Crippen LogP contribution in [0, 0.1) is 12.8 Å². The van der Waals surface area contributed by atoms with Crippen LogP contribution >= 0.6 is 0 Å². The van der Waals surface area contributed by atoms with Crippen molar-refractivity contribution in [2.24, 2.45) is 5.92 Å². The fourth-order valence-electron chi connectivity index (χ4n) is 2.86. The van der Waals surface area contributed by atoms with Crippen molar-refractivity contribution in [3.05, 3.63) is 47.2 Å². The lowest BCUT2D eigenvalue weighted by atomic mass is 10.1. The van der Waals surface area contributed by atoms with Crippen LogP contribution in [0.1, 0.15) is 16.8 Å². The second-order valence-electron chi connectivity index (χ2n) is 5.98. The van der Waals surface area contributed by atoms with E-state index >= 15 is 0 Å². The summed E-state index contributed by atoms with van der Waals surface area (Å²) in [5.74, 6) is 1.71. The van der Waals surface area contributed by atoms with Crippen molar-refractivity contribution < 1.29 is 4.74 Å². The molecule has 2 aromatic rings. The monoisotopic (exact) mass is 300 g/mol. The first-order valence-corrected chi connectivity index (χ1v) is 7.80. The van der Waals surface area contributed by atoms with Crippen molar-refractivity contribution >= 4 is 5.82 Å². The average molecular weight is 300 g/mol. The fraction of sp³-hybridized carbons (Fsp3) is 0.471. The van der Waals surface area contributed by atoms with Crippen LogP contribution in [-0.4, -0.2) is 30.0 Å². The summed E-state index contributed by atoms with van der Waals surface area (Å²) in [5.41, 5.74) is 3.59. The van der Waals surface area contributed by atoms with E-state index in [9.17, 15) is 0 Å². The lowest BCUT2D eigenvalue weighted by Crippen LogP contribution is -2.35. The Kier molecular flexibility index (Phi) is 4.75. The number of ether oxygens (including phenoxy) is 1. The zero-order valence-corrected chi connectivity index (χ0v) is 13.3. The van der Waals surface area contributed by atoms with Crippen molar-refractivity contribution in [3.63, 3.8) is 0 Å². The molecule has 22 heavy (non-hydrogen) atoms. The van der Waals surface area contributed by atoms with E-state index in [1.165, 1.54) is 11.1 Å². The van der Waals surface area contributed by atoms with Gasteiger partial charge in [-0.15, -0.1) is 0 Å². The first kappa shape index (κ1) is 15.1. The standard InChI is InChI=1S/C17H24N4O/c1-13-7-17-19-10-16(11-21(17)20-13)9-18-8-14-3-5-15(6-4-14)12-22-2/h3-7,16,18-19H,8-12H2,1-2H3/t16-/m1/s1. The first-order chi connectivity index (χ1) is 10.7. The van der Waals surface area contributed by atoms with Gasteiger partial charge in [0.15, 0.2) is 0 Å². The molecular formula is C17H24N4O. The molecule has 1 aromatic carbocycles. The van der Waals surface area contributed by atoms with Gasteiger partial charge in [-0.3, -0.25) is 0 Å². The summed E-state index contributed by atoms with van der Waals surface area (Å²) in [6.07, 6.45) is 0. The SMILES string of the molecule is COCc1ccc(CNC[C@@H]2CNc3cc(C)nn3C2)cc1. The lowest BCUT2D eigenvalue weighted by molar-refractivity contribution is 0.185. The Bertz CT molecular complexity index is 606. The smallest absolute Gasteiger partial charge is 0.124 e. The van der Waals surface area contributed by atoms with Crippen molar-refractivity contribution in [3.8, 4) is 0 Å². The molecule has 1 aliphatic rings. The maximum atomic E-state index is 5.13. The van der Waals surface area contributed by atoms with Crippen LogP contribution in [0.4, 0.5) is 5.82 Å². The van der Waals surface area contributed by atoms with Gasteiger partial charge >= 0.3 is 0 Å². The second kappa shape index (κ2) is 6.94. The summed E-state index contributed by atoms with van der Waals surface area (Å²) in [6.45, 7) is 6.58. The van der Waals surface area contributed by atoms with Crippen LogP contribution < -0.4 is 10.6 Å². The zero-order chi connectivity index (χ0) is 15.4. The molecule has 0 spiro atoms. The van der Waals surface area contributed by atoms with Crippen molar-refractivity contribution in [1.82, 2.24) is 15.1 Å². The third kappa shape index (κ3) is 3.67.